The summed E-state index contributed by atoms with van der Waals surface area (Å²) in [7, 11) is 0. The Bertz CT molecular complexity index is 701. The van der Waals surface area contributed by atoms with Crippen LogP contribution in [0.4, 0.5) is 0 Å². The third kappa shape index (κ3) is 1.84. The Morgan fingerprint density at radius 2 is 2.15 bits per heavy atom. The van der Waals surface area contributed by atoms with Crippen LogP contribution in [0, 0.1) is 11.7 Å². The molecule has 4 rings (SSSR count). The molecule has 2 fully saturated rings. The topological polar surface area (TPSA) is 36.9 Å². The van der Waals surface area contributed by atoms with Crippen molar-refractivity contribution in [3.63, 3.8) is 0 Å². The molecule has 0 amide bonds. The standard InChI is InChI=1S/C15H20N4S/c1-10-8-11-14(16-9-10)19(15(20)17-11)13-5-7-18-6-3-2-4-12(13)18/h8-9,12-13H,2-7H2,1H3,(H,17,20). The first kappa shape index (κ1) is 12.5. The van der Waals surface area contributed by atoms with E-state index in [0.717, 1.165) is 15.9 Å². The summed E-state index contributed by atoms with van der Waals surface area (Å²) in [6.07, 6.45) is 7.13. The average molecular weight is 288 g/mol. The van der Waals surface area contributed by atoms with Crippen LogP contribution in [-0.2, 0) is 0 Å². The largest absolute Gasteiger partial charge is 0.329 e. The first-order valence-corrected chi connectivity index (χ1v) is 7.96. The molecule has 2 atom stereocenters. The third-order valence-electron chi connectivity index (χ3n) is 4.84. The van der Waals surface area contributed by atoms with E-state index in [4.69, 9.17) is 12.2 Å². The minimum Gasteiger partial charge on any atom is -0.329 e. The summed E-state index contributed by atoms with van der Waals surface area (Å²) in [6.45, 7) is 4.53. The van der Waals surface area contributed by atoms with E-state index in [0.29, 0.717) is 12.1 Å². The molecule has 106 valence electrons. The van der Waals surface area contributed by atoms with Crippen molar-refractivity contribution in [2.24, 2.45) is 0 Å². The molecule has 2 aliphatic heterocycles. The number of imidazole rings is 1. The number of H-pyrrole nitrogens is 1. The molecule has 2 saturated heterocycles. The lowest BCUT2D eigenvalue weighted by molar-refractivity contribution is 0.174. The van der Waals surface area contributed by atoms with E-state index in [1.165, 1.54) is 44.3 Å². The van der Waals surface area contributed by atoms with Crippen LogP contribution in [0.15, 0.2) is 12.3 Å². The Morgan fingerprint density at radius 3 is 3.05 bits per heavy atom. The van der Waals surface area contributed by atoms with Crippen LogP contribution >= 0.6 is 12.2 Å². The van der Waals surface area contributed by atoms with Gasteiger partial charge < -0.3 is 4.98 Å². The molecule has 2 aromatic rings. The highest BCUT2D eigenvalue weighted by Gasteiger charge is 2.37. The smallest absolute Gasteiger partial charge is 0.179 e. The molecule has 2 aliphatic rings. The fourth-order valence-electron chi connectivity index (χ4n) is 3.95. The monoisotopic (exact) mass is 288 g/mol. The van der Waals surface area contributed by atoms with Crippen molar-refractivity contribution in [3.8, 4) is 0 Å². The van der Waals surface area contributed by atoms with Crippen LogP contribution < -0.4 is 0 Å². The van der Waals surface area contributed by atoms with Crippen LogP contribution in [0.2, 0.25) is 0 Å². The van der Waals surface area contributed by atoms with Gasteiger partial charge in [0.2, 0.25) is 0 Å². The van der Waals surface area contributed by atoms with Gasteiger partial charge in [0.1, 0.15) is 0 Å². The van der Waals surface area contributed by atoms with Gasteiger partial charge in [-0.25, -0.2) is 4.98 Å². The number of aryl methyl sites for hydroxylation is 1. The molecular weight excluding hydrogens is 268 g/mol. The molecule has 0 radical (unpaired) electrons. The van der Waals surface area contributed by atoms with Crippen LogP contribution in [0.3, 0.4) is 0 Å². The van der Waals surface area contributed by atoms with Gasteiger partial charge in [-0.3, -0.25) is 9.47 Å². The van der Waals surface area contributed by atoms with Crippen molar-refractivity contribution in [2.45, 2.75) is 44.7 Å². The molecule has 1 N–H and O–H groups in total. The Labute approximate surface area is 123 Å². The number of pyridine rings is 1. The number of fused-ring (bicyclic) bond motifs is 2. The number of nitrogens with one attached hydrogen (secondary N) is 1. The van der Waals surface area contributed by atoms with Crippen molar-refractivity contribution in [3.05, 3.63) is 22.6 Å². The molecule has 20 heavy (non-hydrogen) atoms. The normalized spacial score (nSPS) is 27.1. The molecule has 5 heteroatoms. The summed E-state index contributed by atoms with van der Waals surface area (Å²) in [4.78, 5) is 10.6. The van der Waals surface area contributed by atoms with Gasteiger partial charge in [0, 0.05) is 18.8 Å². The first-order valence-electron chi connectivity index (χ1n) is 7.55. The number of nitrogens with zero attached hydrogens (tertiary/aromatic N) is 3. The van der Waals surface area contributed by atoms with Gasteiger partial charge in [0.15, 0.2) is 10.4 Å². The quantitative estimate of drug-likeness (QED) is 0.819. The molecule has 4 nitrogen and oxygen atoms in total. The van der Waals surface area contributed by atoms with Crippen molar-refractivity contribution in [1.82, 2.24) is 19.4 Å². The van der Waals surface area contributed by atoms with E-state index < -0.39 is 0 Å². The molecule has 0 bridgehead atoms. The summed E-state index contributed by atoms with van der Waals surface area (Å²) in [6, 6.07) is 3.28. The Balaban J connectivity index is 1.82. The minimum absolute atomic E-state index is 0.492. The molecule has 4 heterocycles. The maximum Gasteiger partial charge on any atom is 0.179 e. The molecule has 2 unspecified atom stereocenters. The maximum absolute atomic E-state index is 5.58. The second-order valence-electron chi connectivity index (χ2n) is 6.14. The lowest BCUT2D eigenvalue weighted by Gasteiger charge is -2.32. The van der Waals surface area contributed by atoms with Gasteiger partial charge in [-0.15, -0.1) is 0 Å². The lowest BCUT2D eigenvalue weighted by atomic mass is 9.99. The maximum atomic E-state index is 5.58. The SMILES string of the molecule is Cc1cnc2c(c1)[nH]c(=S)n2C1CCN2CCCCC12. The number of rotatable bonds is 1. The number of piperidine rings is 1. The highest BCUT2D eigenvalue weighted by atomic mass is 32.1. The molecule has 0 aromatic carbocycles. The van der Waals surface area contributed by atoms with Gasteiger partial charge in [0.05, 0.1) is 11.6 Å². The second kappa shape index (κ2) is 4.67. The summed E-state index contributed by atoms with van der Waals surface area (Å²) in [5.74, 6) is 0. The zero-order valence-electron chi connectivity index (χ0n) is 11.8. The first-order chi connectivity index (χ1) is 9.74. The van der Waals surface area contributed by atoms with E-state index in [2.05, 4.69) is 32.4 Å². The van der Waals surface area contributed by atoms with Crippen molar-refractivity contribution >= 4 is 23.4 Å². The van der Waals surface area contributed by atoms with Gasteiger partial charge in [-0.05, 0) is 56.6 Å². The molecule has 0 saturated carbocycles. The zero-order valence-corrected chi connectivity index (χ0v) is 12.6. The molecule has 2 aromatic heterocycles. The predicted octanol–water partition coefficient (Wildman–Crippen LogP) is 3.20. The average Bonchev–Trinajstić information content (AvgIpc) is 2.98. The van der Waals surface area contributed by atoms with Crippen LogP contribution in [0.25, 0.3) is 11.2 Å². The second-order valence-corrected chi connectivity index (χ2v) is 6.53. The Hall–Kier alpha value is -1.20. The summed E-state index contributed by atoms with van der Waals surface area (Å²) < 4.78 is 3.11. The van der Waals surface area contributed by atoms with E-state index in [9.17, 15) is 0 Å². The fourth-order valence-corrected chi connectivity index (χ4v) is 4.28. The zero-order chi connectivity index (χ0) is 13.7. The fraction of sp³-hybridized carbons (Fsp3) is 0.600. The van der Waals surface area contributed by atoms with E-state index in [1.807, 2.05) is 6.20 Å². The number of aromatic amines is 1. The van der Waals surface area contributed by atoms with E-state index >= 15 is 0 Å². The van der Waals surface area contributed by atoms with Crippen molar-refractivity contribution in [1.29, 1.82) is 0 Å². The van der Waals surface area contributed by atoms with Gasteiger partial charge in [-0.1, -0.05) is 6.42 Å². The predicted molar refractivity (Wildman–Crippen MR) is 82.5 cm³/mol. The number of hydrogen-bond donors (Lipinski definition) is 1. The van der Waals surface area contributed by atoms with Crippen LogP contribution in [-0.4, -0.2) is 38.6 Å². The van der Waals surface area contributed by atoms with Crippen molar-refractivity contribution in [2.75, 3.05) is 13.1 Å². The van der Waals surface area contributed by atoms with Crippen LogP contribution in [0.1, 0.15) is 37.3 Å². The van der Waals surface area contributed by atoms with Gasteiger partial charge >= 0.3 is 0 Å². The molecular formula is C15H20N4S. The Kier molecular flexibility index (Phi) is 2.93. The van der Waals surface area contributed by atoms with E-state index in [-0.39, 0.29) is 0 Å². The summed E-state index contributed by atoms with van der Waals surface area (Å²) >= 11 is 5.58. The van der Waals surface area contributed by atoms with Gasteiger partial charge in [0.25, 0.3) is 0 Å². The number of hydrogen-bond acceptors (Lipinski definition) is 3. The van der Waals surface area contributed by atoms with Gasteiger partial charge in [-0.2, -0.15) is 0 Å². The van der Waals surface area contributed by atoms with Crippen molar-refractivity contribution < 1.29 is 0 Å². The third-order valence-corrected chi connectivity index (χ3v) is 5.14. The lowest BCUT2D eigenvalue weighted by Crippen LogP contribution is -2.37. The highest BCUT2D eigenvalue weighted by molar-refractivity contribution is 7.71. The molecule has 0 aliphatic carbocycles. The number of aromatic nitrogens is 3. The van der Waals surface area contributed by atoms with E-state index in [1.54, 1.807) is 0 Å². The summed E-state index contributed by atoms with van der Waals surface area (Å²) in [5.41, 5.74) is 3.27. The highest BCUT2D eigenvalue weighted by Crippen LogP contribution is 2.36. The Morgan fingerprint density at radius 1 is 1.25 bits per heavy atom. The van der Waals surface area contributed by atoms with Crippen LogP contribution in [0.5, 0.6) is 0 Å². The summed E-state index contributed by atoms with van der Waals surface area (Å²) in [5, 5.41) is 0. The molecule has 0 spiro atoms. The minimum atomic E-state index is 0.492.